The molecule has 0 aliphatic carbocycles. The van der Waals surface area contributed by atoms with Gasteiger partial charge in [-0.25, -0.2) is 4.98 Å². The Morgan fingerprint density at radius 2 is 1.85 bits per heavy atom. The highest BCUT2D eigenvalue weighted by Crippen LogP contribution is 2.45. The molecule has 1 aliphatic heterocycles. The lowest BCUT2D eigenvalue weighted by atomic mass is 9.84. The molecule has 0 spiro atoms. The monoisotopic (exact) mass is 540 g/mol. The van der Waals surface area contributed by atoms with Crippen LogP contribution < -0.4 is 9.64 Å². The maximum atomic E-state index is 13.6. The number of hydrogen-bond donors (Lipinski definition) is 1. The van der Waals surface area contributed by atoms with Crippen molar-refractivity contribution in [1.82, 2.24) is 4.98 Å². The van der Waals surface area contributed by atoms with E-state index in [1.807, 2.05) is 49.4 Å². The van der Waals surface area contributed by atoms with Crippen LogP contribution >= 0.6 is 11.3 Å². The number of rotatable bonds is 5. The summed E-state index contributed by atoms with van der Waals surface area (Å²) < 4.78 is 6.50. The molecule has 0 saturated carbocycles. The summed E-state index contributed by atoms with van der Waals surface area (Å²) in [6.07, 6.45) is 0.884. The number of anilines is 1. The number of methoxy groups -OCH3 is 1. The Bertz CT molecular complexity index is 1640. The van der Waals surface area contributed by atoms with Gasteiger partial charge in [0.1, 0.15) is 11.5 Å². The third kappa shape index (κ3) is 4.72. The van der Waals surface area contributed by atoms with E-state index < -0.39 is 17.7 Å². The molecular formula is C32H32N2O4S. The van der Waals surface area contributed by atoms with E-state index in [0.717, 1.165) is 33.3 Å². The number of amides is 1. The first kappa shape index (κ1) is 26.6. The zero-order valence-corrected chi connectivity index (χ0v) is 23.8. The third-order valence-electron chi connectivity index (χ3n) is 7.14. The minimum absolute atomic E-state index is 0.0455. The maximum absolute atomic E-state index is 13.6. The molecule has 2 heterocycles. The van der Waals surface area contributed by atoms with E-state index >= 15 is 0 Å². The molecule has 5 rings (SSSR count). The summed E-state index contributed by atoms with van der Waals surface area (Å²) in [4.78, 5) is 33.4. The number of aromatic nitrogens is 1. The van der Waals surface area contributed by atoms with Crippen molar-refractivity contribution in [3.05, 3.63) is 94.1 Å². The molecule has 0 radical (unpaired) electrons. The molecule has 1 N–H and O–H groups in total. The Hall–Kier alpha value is -3.97. The molecule has 6 nitrogen and oxygen atoms in total. The first-order chi connectivity index (χ1) is 18.5. The molecule has 0 bridgehead atoms. The molecule has 200 valence electrons. The molecular weight excluding hydrogens is 508 g/mol. The fraction of sp³-hybridized carbons (Fsp3) is 0.281. The molecule has 1 fully saturated rings. The number of ether oxygens (including phenoxy) is 1. The minimum Gasteiger partial charge on any atom is -0.507 e. The SMILES string of the molecule is CCc1ccc2nc(N3C(=O)C(=O)/C(=C(/O)c4ccc(OC)c(C(C)(C)C)c4)C3c3cccc(C)c3)sc2c1. The van der Waals surface area contributed by atoms with Crippen molar-refractivity contribution >= 4 is 44.1 Å². The van der Waals surface area contributed by atoms with Crippen LogP contribution in [0.2, 0.25) is 0 Å². The number of aliphatic hydroxyl groups is 1. The minimum atomic E-state index is -0.823. The molecule has 7 heteroatoms. The number of aliphatic hydroxyl groups excluding tert-OH is 1. The lowest BCUT2D eigenvalue weighted by molar-refractivity contribution is -0.132. The van der Waals surface area contributed by atoms with Crippen molar-refractivity contribution in [1.29, 1.82) is 0 Å². The highest BCUT2D eigenvalue weighted by molar-refractivity contribution is 7.22. The molecule has 4 aromatic rings. The maximum Gasteiger partial charge on any atom is 0.301 e. The lowest BCUT2D eigenvalue weighted by Crippen LogP contribution is -2.29. The fourth-order valence-corrected chi connectivity index (χ4v) is 6.12. The van der Waals surface area contributed by atoms with Gasteiger partial charge in [-0.2, -0.15) is 0 Å². The molecule has 3 aromatic carbocycles. The standard InChI is InChI=1S/C32H32N2O4S/c1-7-19-11-13-23-25(16-19)39-31(33-23)34-27(20-10-8-9-18(2)15-20)26(29(36)30(34)37)28(35)21-12-14-24(38-6)22(17-21)32(3,4)5/h8-17,27,35H,7H2,1-6H3/b28-26+. The van der Waals surface area contributed by atoms with Gasteiger partial charge in [-0.15, -0.1) is 0 Å². The summed E-state index contributed by atoms with van der Waals surface area (Å²) in [5.41, 5.74) is 4.75. The van der Waals surface area contributed by atoms with Crippen molar-refractivity contribution in [2.24, 2.45) is 0 Å². The fourth-order valence-electron chi connectivity index (χ4n) is 5.06. The van der Waals surface area contributed by atoms with Gasteiger partial charge in [0.15, 0.2) is 5.13 Å². The molecule has 1 aromatic heterocycles. The van der Waals surface area contributed by atoms with Crippen LogP contribution in [-0.2, 0) is 21.4 Å². The van der Waals surface area contributed by atoms with E-state index in [-0.39, 0.29) is 16.7 Å². The number of benzene rings is 3. The number of Topliss-reactive ketones (excluding diaryl/α,β-unsaturated/α-hetero) is 1. The van der Waals surface area contributed by atoms with Crippen LogP contribution in [0.5, 0.6) is 5.75 Å². The molecule has 1 amide bonds. The molecule has 1 saturated heterocycles. The average molecular weight is 541 g/mol. The van der Waals surface area contributed by atoms with Crippen molar-refractivity contribution in [3.63, 3.8) is 0 Å². The number of aryl methyl sites for hydroxylation is 2. The number of fused-ring (bicyclic) bond motifs is 1. The number of ketones is 1. The highest BCUT2D eigenvalue weighted by Gasteiger charge is 2.48. The van der Waals surface area contributed by atoms with Crippen LogP contribution in [0.1, 0.15) is 61.6 Å². The van der Waals surface area contributed by atoms with Crippen LogP contribution in [-0.4, -0.2) is 28.9 Å². The van der Waals surface area contributed by atoms with E-state index in [2.05, 4.69) is 33.8 Å². The molecule has 1 atom stereocenters. The zero-order valence-electron chi connectivity index (χ0n) is 23.0. The van der Waals surface area contributed by atoms with Gasteiger partial charge in [0.05, 0.1) is 28.9 Å². The summed E-state index contributed by atoms with van der Waals surface area (Å²) >= 11 is 1.37. The van der Waals surface area contributed by atoms with Gasteiger partial charge in [-0.1, -0.05) is 74.9 Å². The summed E-state index contributed by atoms with van der Waals surface area (Å²) in [5, 5.41) is 12.1. The normalized spacial score (nSPS) is 17.3. The van der Waals surface area contributed by atoms with Gasteiger partial charge in [0, 0.05) is 11.1 Å². The first-order valence-corrected chi connectivity index (χ1v) is 13.8. The number of carbonyl (C=O) groups is 2. The van der Waals surface area contributed by atoms with Gasteiger partial charge in [0.25, 0.3) is 5.78 Å². The number of hydrogen-bond acceptors (Lipinski definition) is 6. The van der Waals surface area contributed by atoms with Gasteiger partial charge in [-0.3, -0.25) is 14.5 Å². The van der Waals surface area contributed by atoms with Crippen molar-refractivity contribution < 1.29 is 19.4 Å². The van der Waals surface area contributed by atoms with Crippen molar-refractivity contribution in [2.45, 2.75) is 52.5 Å². The first-order valence-electron chi connectivity index (χ1n) is 13.0. The predicted molar refractivity (Wildman–Crippen MR) is 157 cm³/mol. The topological polar surface area (TPSA) is 79.7 Å². The Morgan fingerprint density at radius 1 is 1.08 bits per heavy atom. The summed E-state index contributed by atoms with van der Waals surface area (Å²) in [5.74, 6) is -0.969. The second-order valence-corrected chi connectivity index (χ2v) is 11.9. The lowest BCUT2D eigenvalue weighted by Gasteiger charge is -2.24. The second-order valence-electron chi connectivity index (χ2n) is 10.9. The van der Waals surface area contributed by atoms with Crippen LogP contribution in [0.15, 0.2) is 66.2 Å². The Morgan fingerprint density at radius 3 is 2.51 bits per heavy atom. The largest absolute Gasteiger partial charge is 0.507 e. The van der Waals surface area contributed by atoms with Gasteiger partial charge < -0.3 is 9.84 Å². The highest BCUT2D eigenvalue weighted by atomic mass is 32.1. The van der Waals surface area contributed by atoms with Crippen molar-refractivity contribution in [2.75, 3.05) is 12.0 Å². The van der Waals surface area contributed by atoms with E-state index in [0.29, 0.717) is 16.4 Å². The van der Waals surface area contributed by atoms with Crippen LogP contribution in [0.25, 0.3) is 16.0 Å². The summed E-state index contributed by atoms with van der Waals surface area (Å²) in [7, 11) is 1.61. The van der Waals surface area contributed by atoms with Gasteiger partial charge >= 0.3 is 5.91 Å². The van der Waals surface area contributed by atoms with Gasteiger partial charge in [-0.05, 0) is 60.2 Å². The Kier molecular flexibility index (Phi) is 6.81. The zero-order chi connectivity index (χ0) is 28.1. The van der Waals surface area contributed by atoms with Crippen LogP contribution in [0.3, 0.4) is 0 Å². The van der Waals surface area contributed by atoms with Crippen LogP contribution in [0, 0.1) is 6.92 Å². The van der Waals surface area contributed by atoms with E-state index in [4.69, 9.17) is 9.72 Å². The Balaban J connectivity index is 1.73. The van der Waals surface area contributed by atoms with Crippen LogP contribution in [0.4, 0.5) is 5.13 Å². The second kappa shape index (κ2) is 9.97. The third-order valence-corrected chi connectivity index (χ3v) is 8.16. The average Bonchev–Trinajstić information content (AvgIpc) is 3.44. The van der Waals surface area contributed by atoms with E-state index in [1.165, 1.54) is 21.8 Å². The van der Waals surface area contributed by atoms with Gasteiger partial charge in [0.2, 0.25) is 0 Å². The quantitative estimate of drug-likeness (QED) is 0.166. The molecule has 1 aliphatic rings. The molecule has 1 unspecified atom stereocenters. The summed E-state index contributed by atoms with van der Waals surface area (Å²) in [6.45, 7) is 10.2. The van der Waals surface area contributed by atoms with E-state index in [9.17, 15) is 14.7 Å². The molecule has 39 heavy (non-hydrogen) atoms. The predicted octanol–water partition coefficient (Wildman–Crippen LogP) is 7.10. The van der Waals surface area contributed by atoms with E-state index in [1.54, 1.807) is 19.2 Å². The number of carbonyl (C=O) groups excluding carboxylic acids is 2. The smallest absolute Gasteiger partial charge is 0.301 e. The summed E-state index contributed by atoms with van der Waals surface area (Å²) in [6, 6.07) is 18.2. The number of thiazole rings is 1. The van der Waals surface area contributed by atoms with Crippen molar-refractivity contribution in [3.8, 4) is 5.75 Å². The number of nitrogens with zero attached hydrogens (tertiary/aromatic N) is 2. The Labute approximate surface area is 232 Å².